The molecule has 1 aliphatic heterocycles. The predicted octanol–water partition coefficient (Wildman–Crippen LogP) is 3.70. The number of nitrogens with zero attached hydrogens (tertiary/aromatic N) is 3. The molecule has 7 nitrogen and oxygen atoms in total. The molecule has 0 bridgehead atoms. The number of anilines is 1. The molecule has 1 fully saturated rings. The largest absolute Gasteiger partial charge is 0.497 e. The summed E-state index contributed by atoms with van der Waals surface area (Å²) in [6.45, 7) is 0.755. The van der Waals surface area contributed by atoms with E-state index in [4.69, 9.17) is 9.47 Å². The second-order valence-electron chi connectivity index (χ2n) is 6.05. The molecule has 27 heavy (non-hydrogen) atoms. The summed E-state index contributed by atoms with van der Waals surface area (Å²) >= 11 is 2.87. The van der Waals surface area contributed by atoms with Gasteiger partial charge in [-0.15, -0.1) is 21.5 Å². The molecule has 1 saturated heterocycles. The molecule has 9 heteroatoms. The van der Waals surface area contributed by atoms with Crippen LogP contribution in [0.2, 0.25) is 0 Å². The molecule has 0 radical (unpaired) electrons. The van der Waals surface area contributed by atoms with Crippen LogP contribution in [0.1, 0.15) is 29.6 Å². The van der Waals surface area contributed by atoms with Gasteiger partial charge in [-0.1, -0.05) is 23.5 Å². The summed E-state index contributed by atoms with van der Waals surface area (Å²) in [4.78, 5) is 16.9. The highest BCUT2D eigenvalue weighted by Crippen LogP contribution is 2.32. The average Bonchev–Trinajstić information content (AvgIpc) is 3.43. The van der Waals surface area contributed by atoms with Crippen molar-refractivity contribution in [1.29, 1.82) is 0 Å². The maximum absolute atomic E-state index is 12.3. The highest BCUT2D eigenvalue weighted by Gasteiger charge is 2.22. The van der Waals surface area contributed by atoms with Crippen LogP contribution in [-0.4, -0.2) is 34.8 Å². The lowest BCUT2D eigenvalue weighted by atomic mass is 10.2. The standard InChI is InChI=1S/C18H18N4O3S2/c1-24-13-5-2-4-11(8-13)16-19-12(10-26-16)9-15(23)20-18-22-21-17(27-18)14-6-3-7-25-14/h2,4-5,8,10,14H,3,6-7,9H2,1H3,(H,20,22,23)/t14-/m1/s1. The van der Waals surface area contributed by atoms with E-state index in [-0.39, 0.29) is 18.4 Å². The fourth-order valence-corrected chi connectivity index (χ4v) is 4.45. The van der Waals surface area contributed by atoms with Crippen LogP contribution in [0.5, 0.6) is 5.75 Å². The molecule has 3 aromatic rings. The summed E-state index contributed by atoms with van der Waals surface area (Å²) < 4.78 is 10.8. The molecule has 0 saturated carbocycles. The number of aromatic nitrogens is 3. The highest BCUT2D eigenvalue weighted by atomic mass is 32.1. The molecular formula is C18H18N4O3S2. The first kappa shape index (κ1) is 18.0. The van der Waals surface area contributed by atoms with E-state index >= 15 is 0 Å². The Morgan fingerprint density at radius 2 is 2.33 bits per heavy atom. The van der Waals surface area contributed by atoms with Gasteiger partial charge in [-0.25, -0.2) is 4.98 Å². The van der Waals surface area contributed by atoms with Gasteiger partial charge in [0.15, 0.2) is 0 Å². The van der Waals surface area contributed by atoms with Crippen molar-refractivity contribution in [2.75, 3.05) is 19.0 Å². The van der Waals surface area contributed by atoms with Gasteiger partial charge in [0.2, 0.25) is 11.0 Å². The Bertz CT molecular complexity index is 934. The van der Waals surface area contributed by atoms with Gasteiger partial charge in [0.1, 0.15) is 21.9 Å². The van der Waals surface area contributed by atoms with Gasteiger partial charge in [-0.05, 0) is 25.0 Å². The van der Waals surface area contributed by atoms with Crippen LogP contribution < -0.4 is 10.1 Å². The summed E-state index contributed by atoms with van der Waals surface area (Å²) in [6, 6.07) is 7.71. The summed E-state index contributed by atoms with van der Waals surface area (Å²) in [5, 5.41) is 15.0. The van der Waals surface area contributed by atoms with Crippen LogP contribution >= 0.6 is 22.7 Å². The SMILES string of the molecule is COc1cccc(-c2nc(CC(=O)Nc3nnc([C@H]4CCCO4)s3)cs2)c1. The van der Waals surface area contributed by atoms with Crippen molar-refractivity contribution in [2.45, 2.75) is 25.4 Å². The number of rotatable bonds is 6. The van der Waals surface area contributed by atoms with E-state index in [1.54, 1.807) is 7.11 Å². The van der Waals surface area contributed by atoms with Crippen LogP contribution in [0.15, 0.2) is 29.6 Å². The number of carbonyl (C=O) groups excluding carboxylic acids is 1. The van der Waals surface area contributed by atoms with Crippen LogP contribution in [0.25, 0.3) is 10.6 Å². The van der Waals surface area contributed by atoms with Gasteiger partial charge in [0.25, 0.3) is 0 Å². The van der Waals surface area contributed by atoms with Crippen molar-refractivity contribution in [1.82, 2.24) is 15.2 Å². The number of hydrogen-bond donors (Lipinski definition) is 1. The first-order chi connectivity index (χ1) is 13.2. The van der Waals surface area contributed by atoms with Crippen LogP contribution in [-0.2, 0) is 16.0 Å². The van der Waals surface area contributed by atoms with Gasteiger partial charge in [0.05, 0.1) is 19.2 Å². The zero-order chi connectivity index (χ0) is 18.6. The molecule has 0 spiro atoms. The molecule has 1 atom stereocenters. The van der Waals surface area contributed by atoms with Crippen molar-refractivity contribution in [3.63, 3.8) is 0 Å². The second kappa shape index (κ2) is 8.12. The van der Waals surface area contributed by atoms with E-state index < -0.39 is 0 Å². The monoisotopic (exact) mass is 402 g/mol. The molecule has 0 unspecified atom stereocenters. The fraction of sp³-hybridized carbons (Fsp3) is 0.333. The first-order valence-corrected chi connectivity index (χ1v) is 10.2. The number of nitrogens with one attached hydrogen (secondary N) is 1. The van der Waals surface area contributed by atoms with Crippen LogP contribution in [0, 0.1) is 0 Å². The Hall–Kier alpha value is -2.36. The topological polar surface area (TPSA) is 86.2 Å². The van der Waals surface area contributed by atoms with Crippen molar-refractivity contribution in [2.24, 2.45) is 0 Å². The summed E-state index contributed by atoms with van der Waals surface area (Å²) in [5.41, 5.74) is 1.69. The molecule has 3 heterocycles. The predicted molar refractivity (Wildman–Crippen MR) is 104 cm³/mol. The molecule has 2 aromatic heterocycles. The lowest BCUT2D eigenvalue weighted by molar-refractivity contribution is -0.115. The minimum absolute atomic E-state index is 0.0112. The number of benzene rings is 1. The maximum atomic E-state index is 12.3. The first-order valence-electron chi connectivity index (χ1n) is 8.55. The molecule has 4 rings (SSSR count). The Kier molecular flexibility index (Phi) is 5.42. The number of carbonyl (C=O) groups is 1. The molecular weight excluding hydrogens is 384 g/mol. The van der Waals surface area contributed by atoms with Gasteiger partial charge in [0, 0.05) is 17.6 Å². The molecule has 1 amide bonds. The highest BCUT2D eigenvalue weighted by molar-refractivity contribution is 7.15. The Morgan fingerprint density at radius 1 is 1.41 bits per heavy atom. The molecule has 1 aliphatic rings. The second-order valence-corrected chi connectivity index (χ2v) is 7.92. The Balaban J connectivity index is 1.38. The third kappa shape index (κ3) is 4.32. The van der Waals surface area contributed by atoms with Gasteiger partial charge >= 0.3 is 0 Å². The lowest BCUT2D eigenvalue weighted by Gasteiger charge is -2.02. The van der Waals surface area contributed by atoms with Crippen molar-refractivity contribution in [3.8, 4) is 16.3 Å². The normalized spacial score (nSPS) is 16.4. The number of methoxy groups -OCH3 is 1. The fourth-order valence-electron chi connectivity index (χ4n) is 2.79. The van der Waals surface area contributed by atoms with E-state index in [1.165, 1.54) is 22.7 Å². The van der Waals surface area contributed by atoms with Crippen molar-refractivity contribution >= 4 is 33.7 Å². The smallest absolute Gasteiger partial charge is 0.232 e. The minimum Gasteiger partial charge on any atom is -0.497 e. The van der Waals surface area contributed by atoms with E-state index in [0.717, 1.165) is 46.5 Å². The van der Waals surface area contributed by atoms with Gasteiger partial charge < -0.3 is 14.8 Å². The zero-order valence-corrected chi connectivity index (χ0v) is 16.3. The summed E-state index contributed by atoms with van der Waals surface area (Å²) in [5.74, 6) is 0.618. The third-order valence-electron chi connectivity index (χ3n) is 4.10. The Labute approximate surface area is 164 Å². The lowest BCUT2D eigenvalue weighted by Crippen LogP contribution is -2.14. The van der Waals surface area contributed by atoms with E-state index in [0.29, 0.717) is 5.13 Å². The minimum atomic E-state index is -0.160. The Morgan fingerprint density at radius 3 is 3.15 bits per heavy atom. The molecule has 1 N–H and O–H groups in total. The number of hydrogen-bond acceptors (Lipinski definition) is 8. The van der Waals surface area contributed by atoms with Gasteiger partial charge in [-0.2, -0.15) is 0 Å². The van der Waals surface area contributed by atoms with Crippen LogP contribution in [0.3, 0.4) is 0 Å². The molecule has 1 aromatic carbocycles. The maximum Gasteiger partial charge on any atom is 0.232 e. The van der Waals surface area contributed by atoms with E-state index in [9.17, 15) is 4.79 Å². The van der Waals surface area contributed by atoms with E-state index in [1.807, 2.05) is 29.6 Å². The summed E-state index contributed by atoms with van der Waals surface area (Å²) in [6.07, 6.45) is 2.19. The van der Waals surface area contributed by atoms with Crippen molar-refractivity contribution < 1.29 is 14.3 Å². The molecule has 140 valence electrons. The average molecular weight is 403 g/mol. The third-order valence-corrected chi connectivity index (χ3v) is 5.97. The number of ether oxygens (including phenoxy) is 2. The molecule has 0 aliphatic carbocycles. The van der Waals surface area contributed by atoms with Gasteiger partial charge in [-0.3, -0.25) is 4.79 Å². The number of thiazole rings is 1. The van der Waals surface area contributed by atoms with Crippen LogP contribution in [0.4, 0.5) is 5.13 Å². The quantitative estimate of drug-likeness (QED) is 0.677. The van der Waals surface area contributed by atoms with E-state index in [2.05, 4.69) is 20.5 Å². The van der Waals surface area contributed by atoms with Crippen molar-refractivity contribution in [3.05, 3.63) is 40.3 Å². The zero-order valence-electron chi connectivity index (χ0n) is 14.7. The summed E-state index contributed by atoms with van der Waals surface area (Å²) in [7, 11) is 1.63. The number of amides is 1.